The smallest absolute Gasteiger partial charge is 0.341 e. The number of aryl methyl sites for hydroxylation is 2. The number of nitrogens with zero attached hydrogens (tertiary/aromatic N) is 1. The molecule has 2 N–H and O–H groups in total. The van der Waals surface area contributed by atoms with Crippen molar-refractivity contribution in [1.29, 1.82) is 0 Å². The fraction of sp³-hybridized carbons (Fsp3) is 0.286. The first-order valence-electron chi connectivity index (χ1n) is 12.2. The Hall–Kier alpha value is -3.98. The molecule has 0 atom stereocenters. The molecule has 8 nitrogen and oxygen atoms in total. The van der Waals surface area contributed by atoms with Crippen molar-refractivity contribution < 1.29 is 23.9 Å². The Labute approximate surface area is 219 Å². The molecule has 37 heavy (non-hydrogen) atoms. The van der Waals surface area contributed by atoms with Crippen molar-refractivity contribution >= 4 is 40.3 Å². The number of anilines is 1. The number of carbonyl (C=O) groups is 3. The summed E-state index contributed by atoms with van der Waals surface area (Å²) in [6, 6.07) is 15.3. The van der Waals surface area contributed by atoms with E-state index >= 15 is 0 Å². The van der Waals surface area contributed by atoms with E-state index in [1.807, 2.05) is 31.2 Å². The van der Waals surface area contributed by atoms with Gasteiger partial charge in [-0.2, -0.15) is 5.10 Å². The molecule has 2 amide bonds. The normalized spacial score (nSPS) is 12.6. The molecule has 192 valence electrons. The lowest BCUT2D eigenvalue weighted by atomic mass is 9.95. The van der Waals surface area contributed by atoms with Crippen LogP contribution in [0.2, 0.25) is 0 Å². The summed E-state index contributed by atoms with van der Waals surface area (Å²) in [7, 11) is 0. The van der Waals surface area contributed by atoms with Gasteiger partial charge in [-0.15, -0.1) is 11.3 Å². The minimum Gasteiger partial charge on any atom is -0.489 e. The van der Waals surface area contributed by atoms with Crippen LogP contribution in [0.1, 0.15) is 57.3 Å². The van der Waals surface area contributed by atoms with Crippen LogP contribution in [0.15, 0.2) is 53.6 Å². The molecule has 1 aromatic heterocycles. The number of amides is 2. The van der Waals surface area contributed by atoms with Crippen LogP contribution in [0.3, 0.4) is 0 Å². The summed E-state index contributed by atoms with van der Waals surface area (Å²) in [5, 5.41) is 6.79. The average Bonchev–Trinajstić information content (AvgIpc) is 3.27. The highest BCUT2D eigenvalue weighted by Crippen LogP contribution is 2.38. The molecule has 0 spiro atoms. The summed E-state index contributed by atoms with van der Waals surface area (Å²) in [5.41, 5.74) is 6.49. The largest absolute Gasteiger partial charge is 0.489 e. The summed E-state index contributed by atoms with van der Waals surface area (Å²) in [6.45, 7) is 4.46. The Morgan fingerprint density at radius 2 is 1.73 bits per heavy atom. The van der Waals surface area contributed by atoms with Crippen molar-refractivity contribution in [2.45, 2.75) is 46.1 Å². The van der Waals surface area contributed by atoms with Crippen molar-refractivity contribution in [2.75, 3.05) is 11.9 Å². The van der Waals surface area contributed by atoms with E-state index in [2.05, 4.69) is 15.8 Å². The topological polar surface area (TPSA) is 106 Å². The number of nitrogens with one attached hydrogen (secondary N) is 2. The average molecular weight is 520 g/mol. The summed E-state index contributed by atoms with van der Waals surface area (Å²) >= 11 is 1.32. The molecule has 9 heteroatoms. The van der Waals surface area contributed by atoms with Crippen LogP contribution in [0.4, 0.5) is 5.00 Å². The molecule has 3 aromatic rings. The molecule has 0 radical (unpaired) electrons. The second kappa shape index (κ2) is 12.3. The van der Waals surface area contributed by atoms with E-state index in [1.165, 1.54) is 23.1 Å². The highest BCUT2D eigenvalue weighted by atomic mass is 32.1. The zero-order valence-corrected chi connectivity index (χ0v) is 21.7. The molecular weight excluding hydrogens is 490 g/mol. The van der Waals surface area contributed by atoms with Crippen molar-refractivity contribution in [3.8, 4) is 5.75 Å². The number of carbonyl (C=O) groups excluding carboxylic acids is 3. The third-order valence-corrected chi connectivity index (χ3v) is 7.08. The first kappa shape index (κ1) is 26.1. The van der Waals surface area contributed by atoms with Crippen molar-refractivity contribution in [3.05, 3.63) is 81.2 Å². The molecule has 1 heterocycles. The molecule has 4 rings (SSSR count). The Balaban J connectivity index is 1.31. The van der Waals surface area contributed by atoms with Crippen LogP contribution in [-0.4, -0.2) is 30.6 Å². The van der Waals surface area contributed by atoms with Gasteiger partial charge in [-0.05, 0) is 80.5 Å². The van der Waals surface area contributed by atoms with Crippen molar-refractivity contribution in [2.24, 2.45) is 5.10 Å². The van der Waals surface area contributed by atoms with Crippen LogP contribution in [-0.2, 0) is 33.8 Å². The van der Waals surface area contributed by atoms with Crippen LogP contribution in [0.5, 0.6) is 5.75 Å². The lowest BCUT2D eigenvalue weighted by molar-refractivity contribution is -0.136. The van der Waals surface area contributed by atoms with Crippen LogP contribution < -0.4 is 15.5 Å². The van der Waals surface area contributed by atoms with Gasteiger partial charge in [0.1, 0.15) is 17.4 Å². The number of thiophene rings is 1. The van der Waals surface area contributed by atoms with E-state index in [0.717, 1.165) is 47.3 Å². The highest BCUT2D eigenvalue weighted by Gasteiger charge is 2.28. The second-order valence-electron chi connectivity index (χ2n) is 8.63. The molecule has 0 saturated heterocycles. The number of ether oxygens (including phenoxy) is 2. The van der Waals surface area contributed by atoms with Crippen LogP contribution in [0.25, 0.3) is 0 Å². The predicted molar refractivity (Wildman–Crippen MR) is 143 cm³/mol. The molecule has 0 aliphatic heterocycles. The monoisotopic (exact) mass is 519 g/mol. The van der Waals surface area contributed by atoms with Gasteiger partial charge in [-0.3, -0.25) is 9.59 Å². The lowest BCUT2D eigenvalue weighted by Gasteiger charge is -2.12. The second-order valence-corrected chi connectivity index (χ2v) is 9.74. The number of hydrogen-bond donors (Lipinski definition) is 2. The first-order chi connectivity index (χ1) is 17.9. The molecule has 0 saturated carbocycles. The Morgan fingerprint density at radius 3 is 2.46 bits per heavy atom. The van der Waals surface area contributed by atoms with E-state index in [0.29, 0.717) is 22.9 Å². The molecule has 2 aromatic carbocycles. The summed E-state index contributed by atoms with van der Waals surface area (Å²) < 4.78 is 11.0. The molecule has 0 fully saturated rings. The van der Waals surface area contributed by atoms with Gasteiger partial charge in [0, 0.05) is 4.88 Å². The quantitative estimate of drug-likeness (QED) is 0.193. The molecule has 1 aliphatic carbocycles. The molecule has 0 unspecified atom stereocenters. The maximum atomic E-state index is 12.5. The third kappa shape index (κ3) is 6.83. The fourth-order valence-corrected chi connectivity index (χ4v) is 5.22. The standard InChI is InChI=1S/C28H29N3O5S/c1-3-35-28(34)24-22-6-4-5-7-23(22)37-27(24)30-25(32)26(33)31-29-16-19-12-14-21(15-13-19)36-17-20-10-8-18(2)9-11-20/h8-16H,3-7,17H2,1-2H3,(H,30,32)(H,31,33). The number of rotatable bonds is 8. The molecule has 0 bridgehead atoms. The predicted octanol–water partition coefficient (Wildman–Crippen LogP) is 4.78. The number of esters is 1. The Kier molecular flexibility index (Phi) is 8.68. The maximum absolute atomic E-state index is 12.5. The van der Waals surface area contributed by atoms with E-state index in [1.54, 1.807) is 31.2 Å². The Morgan fingerprint density at radius 1 is 1.00 bits per heavy atom. The summed E-state index contributed by atoms with van der Waals surface area (Å²) in [6.07, 6.45) is 5.02. The SMILES string of the molecule is CCOC(=O)c1c(NC(=O)C(=O)NN=Cc2ccc(OCc3ccc(C)cc3)cc2)sc2c1CCCC2. The van der Waals surface area contributed by atoms with Crippen LogP contribution in [0, 0.1) is 6.92 Å². The van der Waals surface area contributed by atoms with Crippen molar-refractivity contribution in [1.82, 2.24) is 5.43 Å². The van der Waals surface area contributed by atoms with E-state index < -0.39 is 17.8 Å². The van der Waals surface area contributed by atoms with Gasteiger partial charge in [0.05, 0.1) is 18.4 Å². The Bertz CT molecular complexity index is 1300. The van der Waals surface area contributed by atoms with Gasteiger partial charge >= 0.3 is 17.8 Å². The van der Waals surface area contributed by atoms with Crippen molar-refractivity contribution in [3.63, 3.8) is 0 Å². The number of hydrazone groups is 1. The van der Waals surface area contributed by atoms with Gasteiger partial charge in [-0.1, -0.05) is 29.8 Å². The number of benzene rings is 2. The van der Waals surface area contributed by atoms with E-state index in [4.69, 9.17) is 9.47 Å². The van der Waals surface area contributed by atoms with Gasteiger partial charge in [0.25, 0.3) is 0 Å². The number of fused-ring (bicyclic) bond motifs is 1. The third-order valence-electron chi connectivity index (χ3n) is 5.87. The zero-order chi connectivity index (χ0) is 26.2. The van der Waals surface area contributed by atoms with Gasteiger partial charge in [0.15, 0.2) is 0 Å². The number of hydrogen-bond acceptors (Lipinski definition) is 7. The minimum atomic E-state index is -0.935. The zero-order valence-electron chi connectivity index (χ0n) is 20.8. The summed E-state index contributed by atoms with van der Waals surface area (Å²) in [4.78, 5) is 38.4. The van der Waals surface area contributed by atoms with Gasteiger partial charge in [-0.25, -0.2) is 10.2 Å². The maximum Gasteiger partial charge on any atom is 0.341 e. The van der Waals surface area contributed by atoms with E-state index in [9.17, 15) is 14.4 Å². The molecular formula is C28H29N3O5S. The van der Waals surface area contributed by atoms with Crippen LogP contribution >= 0.6 is 11.3 Å². The fourth-order valence-electron chi connectivity index (χ4n) is 3.95. The van der Waals surface area contributed by atoms with E-state index in [-0.39, 0.29) is 6.61 Å². The van der Waals surface area contributed by atoms with Gasteiger partial charge < -0.3 is 14.8 Å². The molecule has 1 aliphatic rings. The van der Waals surface area contributed by atoms with Gasteiger partial charge in [0.2, 0.25) is 0 Å². The minimum absolute atomic E-state index is 0.228. The first-order valence-corrected chi connectivity index (χ1v) is 13.0. The summed E-state index contributed by atoms with van der Waals surface area (Å²) in [5.74, 6) is -1.62. The lowest BCUT2D eigenvalue weighted by Crippen LogP contribution is -2.32. The highest BCUT2D eigenvalue weighted by molar-refractivity contribution is 7.17.